The number of aromatic hydroxyl groups is 1. The molecule has 2 heterocycles. The Morgan fingerprint density at radius 2 is 1.94 bits per heavy atom. The number of phenolic OH excluding ortho intramolecular Hbond substituents is 1. The highest BCUT2D eigenvalue weighted by Crippen LogP contribution is 2.16. The molecule has 6 nitrogen and oxygen atoms in total. The predicted molar refractivity (Wildman–Crippen MR) is 67.0 cm³/mol. The van der Waals surface area contributed by atoms with Crippen molar-refractivity contribution in [3.05, 3.63) is 42.0 Å². The van der Waals surface area contributed by atoms with Gasteiger partial charge in [-0.15, -0.1) is 0 Å². The number of rotatable bonds is 2. The summed E-state index contributed by atoms with van der Waals surface area (Å²) in [4.78, 5) is 15.4. The number of imidazole rings is 1. The van der Waals surface area contributed by atoms with Crippen molar-refractivity contribution < 1.29 is 5.11 Å². The Balaban J connectivity index is 1.95. The second-order valence-corrected chi connectivity index (χ2v) is 3.98. The molecule has 0 radical (unpaired) electrons. The average molecular weight is 241 g/mol. The Kier molecular flexibility index (Phi) is 2.33. The van der Waals surface area contributed by atoms with Crippen LogP contribution in [-0.2, 0) is 6.42 Å². The van der Waals surface area contributed by atoms with E-state index in [4.69, 9.17) is 5.73 Å². The van der Waals surface area contributed by atoms with E-state index in [1.807, 2.05) is 12.1 Å². The zero-order chi connectivity index (χ0) is 12.5. The molecule has 0 saturated heterocycles. The van der Waals surface area contributed by atoms with E-state index in [9.17, 15) is 5.11 Å². The second kappa shape index (κ2) is 3.99. The summed E-state index contributed by atoms with van der Waals surface area (Å²) < 4.78 is 0. The van der Waals surface area contributed by atoms with Gasteiger partial charge >= 0.3 is 0 Å². The van der Waals surface area contributed by atoms with Crippen molar-refractivity contribution in [3.8, 4) is 5.75 Å². The molecule has 0 aliphatic rings. The van der Waals surface area contributed by atoms with Gasteiger partial charge in [0.15, 0.2) is 11.5 Å². The molecule has 3 rings (SSSR count). The van der Waals surface area contributed by atoms with Gasteiger partial charge in [0.25, 0.3) is 0 Å². The minimum Gasteiger partial charge on any atom is -0.508 e. The molecule has 0 saturated carbocycles. The van der Waals surface area contributed by atoms with Gasteiger partial charge in [0.05, 0.1) is 0 Å². The van der Waals surface area contributed by atoms with E-state index in [0.29, 0.717) is 23.4 Å². The molecule has 0 aliphatic carbocycles. The number of H-pyrrole nitrogens is 1. The second-order valence-electron chi connectivity index (χ2n) is 3.98. The van der Waals surface area contributed by atoms with Gasteiger partial charge in [-0.05, 0) is 17.7 Å². The molecule has 0 atom stereocenters. The number of fused-ring (bicyclic) bond motifs is 1. The third-order valence-electron chi connectivity index (χ3n) is 2.67. The average Bonchev–Trinajstić information content (AvgIpc) is 2.76. The summed E-state index contributed by atoms with van der Waals surface area (Å²) in [5.74, 6) is 1.41. The molecule has 0 unspecified atom stereocenters. The molecule has 3 aromatic rings. The summed E-state index contributed by atoms with van der Waals surface area (Å²) >= 11 is 0. The van der Waals surface area contributed by atoms with Gasteiger partial charge in [-0.2, -0.15) is 0 Å². The number of nitrogens with zero attached hydrogens (tertiary/aromatic N) is 3. The number of nitrogen functional groups attached to an aromatic ring is 1. The topological polar surface area (TPSA) is 101 Å². The first-order valence-electron chi connectivity index (χ1n) is 5.45. The Labute approximate surface area is 103 Å². The molecular formula is C12H11N5O. The fourth-order valence-corrected chi connectivity index (χ4v) is 1.79. The predicted octanol–water partition coefficient (Wildman–Crippen LogP) is 1.23. The maximum Gasteiger partial charge on any atom is 0.183 e. The highest BCUT2D eigenvalue weighted by Gasteiger charge is 2.07. The van der Waals surface area contributed by atoms with Crippen molar-refractivity contribution in [2.24, 2.45) is 0 Å². The Bertz CT molecular complexity index is 689. The summed E-state index contributed by atoms with van der Waals surface area (Å²) in [5, 5.41) is 9.22. The number of hydrogen-bond donors (Lipinski definition) is 3. The van der Waals surface area contributed by atoms with Gasteiger partial charge < -0.3 is 15.8 Å². The van der Waals surface area contributed by atoms with Crippen LogP contribution >= 0.6 is 0 Å². The van der Waals surface area contributed by atoms with E-state index in [2.05, 4.69) is 19.9 Å². The van der Waals surface area contributed by atoms with E-state index in [1.165, 1.54) is 6.33 Å². The van der Waals surface area contributed by atoms with E-state index in [1.54, 1.807) is 12.1 Å². The lowest BCUT2D eigenvalue weighted by atomic mass is 10.1. The molecular weight excluding hydrogens is 230 g/mol. The molecule has 0 bridgehead atoms. The van der Waals surface area contributed by atoms with Crippen LogP contribution in [0.2, 0.25) is 0 Å². The van der Waals surface area contributed by atoms with Crippen molar-refractivity contribution in [2.45, 2.75) is 6.42 Å². The summed E-state index contributed by atoms with van der Waals surface area (Å²) in [5.41, 5.74) is 7.99. The van der Waals surface area contributed by atoms with Crippen LogP contribution in [0.25, 0.3) is 11.2 Å². The highest BCUT2D eigenvalue weighted by atomic mass is 16.3. The summed E-state index contributed by atoms with van der Waals surface area (Å²) in [6, 6.07) is 6.98. The third-order valence-corrected chi connectivity index (χ3v) is 2.67. The lowest BCUT2D eigenvalue weighted by Gasteiger charge is -1.98. The SMILES string of the molecule is Nc1ncnc2nc(Cc3ccc(O)cc3)[nH]c12. The number of nitrogens with two attached hydrogens (primary N) is 1. The van der Waals surface area contributed by atoms with Gasteiger partial charge in [-0.25, -0.2) is 15.0 Å². The first kappa shape index (κ1) is 10.5. The number of hydrogen-bond acceptors (Lipinski definition) is 5. The number of phenols is 1. The highest BCUT2D eigenvalue weighted by molar-refractivity contribution is 5.81. The van der Waals surface area contributed by atoms with Crippen LogP contribution in [0.4, 0.5) is 5.82 Å². The van der Waals surface area contributed by atoms with E-state index in [0.717, 1.165) is 11.4 Å². The van der Waals surface area contributed by atoms with Gasteiger partial charge in [0.2, 0.25) is 0 Å². The fraction of sp³-hybridized carbons (Fsp3) is 0.0833. The first-order chi connectivity index (χ1) is 8.72. The van der Waals surface area contributed by atoms with Crippen LogP contribution in [0.3, 0.4) is 0 Å². The van der Waals surface area contributed by atoms with Crippen LogP contribution in [0.5, 0.6) is 5.75 Å². The standard InChI is InChI=1S/C12H11N5O/c13-11-10-12(15-6-14-11)17-9(16-10)5-7-1-3-8(18)4-2-7/h1-4,6,18H,5H2,(H3,13,14,15,16,17). The number of aromatic amines is 1. The fourth-order valence-electron chi connectivity index (χ4n) is 1.79. The molecule has 1 aromatic carbocycles. The van der Waals surface area contributed by atoms with Crippen LogP contribution in [-0.4, -0.2) is 25.0 Å². The maximum absolute atomic E-state index is 9.22. The minimum atomic E-state index is 0.249. The molecule has 6 heteroatoms. The monoisotopic (exact) mass is 241 g/mol. The number of anilines is 1. The molecule has 4 N–H and O–H groups in total. The molecule has 90 valence electrons. The van der Waals surface area contributed by atoms with E-state index in [-0.39, 0.29) is 5.75 Å². The molecule has 0 fully saturated rings. The van der Waals surface area contributed by atoms with Crippen LogP contribution in [0, 0.1) is 0 Å². The molecule has 0 spiro atoms. The van der Waals surface area contributed by atoms with E-state index < -0.39 is 0 Å². The van der Waals surface area contributed by atoms with Crippen molar-refractivity contribution in [2.75, 3.05) is 5.73 Å². The van der Waals surface area contributed by atoms with Crippen LogP contribution in [0.15, 0.2) is 30.6 Å². The zero-order valence-corrected chi connectivity index (χ0v) is 9.46. The summed E-state index contributed by atoms with van der Waals surface area (Å²) in [6.07, 6.45) is 2.01. The Morgan fingerprint density at radius 1 is 1.17 bits per heavy atom. The van der Waals surface area contributed by atoms with Gasteiger partial charge in [0.1, 0.15) is 23.4 Å². The summed E-state index contributed by atoms with van der Waals surface area (Å²) in [6.45, 7) is 0. The van der Waals surface area contributed by atoms with Crippen molar-refractivity contribution in [3.63, 3.8) is 0 Å². The largest absolute Gasteiger partial charge is 0.508 e. The van der Waals surface area contributed by atoms with Gasteiger partial charge in [-0.1, -0.05) is 12.1 Å². The van der Waals surface area contributed by atoms with Gasteiger partial charge in [0, 0.05) is 6.42 Å². The normalized spacial score (nSPS) is 10.9. The van der Waals surface area contributed by atoms with Crippen molar-refractivity contribution in [1.29, 1.82) is 0 Å². The summed E-state index contributed by atoms with van der Waals surface area (Å²) in [7, 11) is 0. The molecule has 0 amide bonds. The van der Waals surface area contributed by atoms with Crippen LogP contribution in [0.1, 0.15) is 11.4 Å². The quantitative estimate of drug-likeness (QED) is 0.626. The lowest BCUT2D eigenvalue weighted by Crippen LogP contribution is -1.92. The Hall–Kier alpha value is -2.63. The number of benzene rings is 1. The number of nitrogens with one attached hydrogen (secondary N) is 1. The third kappa shape index (κ3) is 1.84. The Morgan fingerprint density at radius 3 is 2.67 bits per heavy atom. The van der Waals surface area contributed by atoms with Crippen molar-refractivity contribution in [1.82, 2.24) is 19.9 Å². The maximum atomic E-state index is 9.22. The molecule has 2 aromatic heterocycles. The van der Waals surface area contributed by atoms with Crippen molar-refractivity contribution >= 4 is 17.0 Å². The molecule has 0 aliphatic heterocycles. The molecule has 18 heavy (non-hydrogen) atoms. The van der Waals surface area contributed by atoms with E-state index >= 15 is 0 Å². The smallest absolute Gasteiger partial charge is 0.183 e. The zero-order valence-electron chi connectivity index (χ0n) is 9.46. The van der Waals surface area contributed by atoms with Gasteiger partial charge in [-0.3, -0.25) is 0 Å². The minimum absolute atomic E-state index is 0.249. The van der Waals surface area contributed by atoms with Crippen LogP contribution < -0.4 is 5.73 Å². The lowest BCUT2D eigenvalue weighted by molar-refractivity contribution is 0.475. The number of aromatic nitrogens is 4. The first-order valence-corrected chi connectivity index (χ1v) is 5.45.